The van der Waals surface area contributed by atoms with Crippen LogP contribution in [-0.4, -0.2) is 35.6 Å². The van der Waals surface area contributed by atoms with E-state index < -0.39 is 17.8 Å². The summed E-state index contributed by atoms with van der Waals surface area (Å²) in [5.74, 6) is -0.687. The zero-order chi connectivity index (χ0) is 25.1. The van der Waals surface area contributed by atoms with Crippen LogP contribution in [-0.2, 0) is 9.59 Å². The number of amides is 4. The van der Waals surface area contributed by atoms with Gasteiger partial charge in [-0.3, -0.25) is 14.9 Å². The molecule has 8 nitrogen and oxygen atoms in total. The Bertz CT molecular complexity index is 1320. The quantitative estimate of drug-likeness (QED) is 0.401. The van der Waals surface area contributed by atoms with Gasteiger partial charge in [-0.15, -0.1) is 0 Å². The second kappa shape index (κ2) is 9.89. The van der Waals surface area contributed by atoms with E-state index in [0.29, 0.717) is 30.3 Å². The Balaban J connectivity index is 1.78. The molecule has 0 radical (unpaired) electrons. The number of nitrogens with zero attached hydrogens (tertiary/aromatic N) is 2. The molecule has 1 aliphatic rings. The summed E-state index contributed by atoms with van der Waals surface area (Å²) in [5.41, 5.74) is 3.53. The van der Waals surface area contributed by atoms with Gasteiger partial charge in [-0.1, -0.05) is 18.2 Å². The van der Waals surface area contributed by atoms with E-state index in [2.05, 4.69) is 5.32 Å². The third kappa shape index (κ3) is 4.55. The lowest BCUT2D eigenvalue weighted by Gasteiger charge is -2.28. The average Bonchev–Trinajstić information content (AvgIpc) is 3.11. The molecule has 0 unspecified atom stereocenters. The molecule has 1 fully saturated rings. The van der Waals surface area contributed by atoms with Crippen molar-refractivity contribution in [3.63, 3.8) is 0 Å². The highest BCUT2D eigenvalue weighted by atomic mass is 16.5. The summed E-state index contributed by atoms with van der Waals surface area (Å²) in [4.78, 5) is 40.0. The van der Waals surface area contributed by atoms with Gasteiger partial charge in [0.05, 0.1) is 18.9 Å². The number of rotatable bonds is 7. The summed E-state index contributed by atoms with van der Waals surface area (Å²) in [6.07, 6.45) is 1.52. The number of carbonyl (C=O) groups is 3. The number of anilines is 1. The predicted octanol–water partition coefficient (Wildman–Crippen LogP) is 4.56. The molecule has 1 aliphatic heterocycles. The first-order valence-corrected chi connectivity index (χ1v) is 11.4. The predicted molar refractivity (Wildman–Crippen MR) is 133 cm³/mol. The van der Waals surface area contributed by atoms with Gasteiger partial charge < -0.3 is 14.0 Å². The van der Waals surface area contributed by atoms with Crippen LogP contribution in [0.2, 0.25) is 0 Å². The van der Waals surface area contributed by atoms with Gasteiger partial charge in [0.15, 0.2) is 0 Å². The number of barbiturate groups is 1. The molecule has 2 aromatic carbocycles. The minimum atomic E-state index is -0.846. The molecule has 0 bridgehead atoms. The Labute approximate surface area is 203 Å². The van der Waals surface area contributed by atoms with Crippen LogP contribution >= 0.6 is 0 Å². The Kier molecular flexibility index (Phi) is 6.73. The molecular formula is C27H27N3O5. The van der Waals surface area contributed by atoms with Crippen molar-refractivity contribution in [2.24, 2.45) is 0 Å². The highest BCUT2D eigenvalue weighted by Gasteiger charge is 2.38. The van der Waals surface area contributed by atoms with E-state index in [1.54, 1.807) is 25.1 Å². The number of nitrogens with one attached hydrogen (secondary N) is 1. The largest absolute Gasteiger partial charge is 0.494 e. The lowest BCUT2D eigenvalue weighted by molar-refractivity contribution is -0.122. The minimum Gasteiger partial charge on any atom is -0.494 e. The molecule has 0 atom stereocenters. The van der Waals surface area contributed by atoms with Crippen molar-refractivity contribution in [1.82, 2.24) is 9.88 Å². The van der Waals surface area contributed by atoms with E-state index in [0.717, 1.165) is 22.0 Å². The standard InChI is InChI=1S/C27H27N3O5/c1-5-34-21-12-13-24(35-6-2)23(16-21)30-26(32)22(25(31)28-27(30)33)15-19-14-17(3)29(18(19)4)20-10-8-7-9-11-20/h7-16H,5-6H2,1-4H3,(H,28,31,33)/b22-15-. The Hall–Kier alpha value is -4.33. The fourth-order valence-corrected chi connectivity index (χ4v) is 4.15. The first kappa shape index (κ1) is 23.8. The monoisotopic (exact) mass is 473 g/mol. The van der Waals surface area contributed by atoms with Crippen molar-refractivity contribution in [3.8, 4) is 17.2 Å². The second-order valence-corrected chi connectivity index (χ2v) is 7.95. The third-order valence-corrected chi connectivity index (χ3v) is 5.67. The normalized spacial score (nSPS) is 14.9. The number of aromatic nitrogens is 1. The zero-order valence-electron chi connectivity index (χ0n) is 20.1. The number of para-hydroxylation sites is 1. The number of imide groups is 2. The molecule has 2 heterocycles. The molecule has 0 saturated carbocycles. The summed E-state index contributed by atoms with van der Waals surface area (Å²) >= 11 is 0. The second-order valence-electron chi connectivity index (χ2n) is 7.95. The van der Waals surface area contributed by atoms with Crippen molar-refractivity contribution in [2.75, 3.05) is 18.1 Å². The van der Waals surface area contributed by atoms with Gasteiger partial charge in [-0.25, -0.2) is 9.69 Å². The summed E-state index contributed by atoms with van der Waals surface area (Å²) < 4.78 is 13.2. The lowest BCUT2D eigenvalue weighted by Crippen LogP contribution is -2.54. The van der Waals surface area contributed by atoms with Gasteiger partial charge in [0.1, 0.15) is 17.1 Å². The van der Waals surface area contributed by atoms with Crippen LogP contribution in [0.4, 0.5) is 10.5 Å². The molecule has 1 N–H and O–H groups in total. The molecule has 0 spiro atoms. The van der Waals surface area contributed by atoms with E-state index in [-0.39, 0.29) is 11.3 Å². The van der Waals surface area contributed by atoms with Crippen molar-refractivity contribution in [2.45, 2.75) is 27.7 Å². The van der Waals surface area contributed by atoms with Crippen LogP contribution in [0.5, 0.6) is 11.5 Å². The van der Waals surface area contributed by atoms with Crippen LogP contribution in [0.15, 0.2) is 60.2 Å². The summed E-state index contributed by atoms with van der Waals surface area (Å²) in [5, 5.41) is 2.28. The molecule has 1 saturated heterocycles. The number of aryl methyl sites for hydroxylation is 1. The van der Waals surface area contributed by atoms with Crippen LogP contribution in [0.25, 0.3) is 11.8 Å². The maximum absolute atomic E-state index is 13.5. The van der Waals surface area contributed by atoms with Crippen LogP contribution in [0.1, 0.15) is 30.8 Å². The Morgan fingerprint density at radius 1 is 0.914 bits per heavy atom. The number of benzene rings is 2. The van der Waals surface area contributed by atoms with Crippen LogP contribution in [0.3, 0.4) is 0 Å². The summed E-state index contributed by atoms with van der Waals surface area (Å²) in [6.45, 7) is 8.25. The van der Waals surface area contributed by atoms with Gasteiger partial charge in [0.25, 0.3) is 11.8 Å². The number of ether oxygens (including phenoxy) is 2. The van der Waals surface area contributed by atoms with Crippen molar-refractivity contribution >= 4 is 29.6 Å². The molecular weight excluding hydrogens is 446 g/mol. The van der Waals surface area contributed by atoms with Crippen LogP contribution in [0, 0.1) is 13.8 Å². The highest BCUT2D eigenvalue weighted by Crippen LogP contribution is 2.35. The summed E-state index contributed by atoms with van der Waals surface area (Å²) in [6, 6.07) is 15.7. The SMILES string of the molecule is CCOc1ccc(OCC)c(N2C(=O)NC(=O)/C(=C/c3cc(C)n(-c4ccccc4)c3C)C2=O)c1. The molecule has 1 aromatic heterocycles. The van der Waals surface area contributed by atoms with Gasteiger partial charge in [-0.05, 0) is 69.7 Å². The molecule has 0 aliphatic carbocycles. The highest BCUT2D eigenvalue weighted by molar-refractivity contribution is 6.39. The number of urea groups is 1. The van der Waals surface area contributed by atoms with Gasteiger partial charge in [0.2, 0.25) is 0 Å². The molecule has 3 aromatic rings. The molecule has 4 rings (SSSR count). The molecule has 35 heavy (non-hydrogen) atoms. The fourth-order valence-electron chi connectivity index (χ4n) is 4.15. The van der Waals surface area contributed by atoms with E-state index in [4.69, 9.17) is 9.47 Å². The maximum Gasteiger partial charge on any atom is 0.336 e. The van der Waals surface area contributed by atoms with Crippen molar-refractivity contribution < 1.29 is 23.9 Å². The number of carbonyl (C=O) groups excluding carboxylic acids is 3. The smallest absolute Gasteiger partial charge is 0.336 e. The van der Waals surface area contributed by atoms with Crippen LogP contribution < -0.4 is 19.7 Å². The van der Waals surface area contributed by atoms with Gasteiger partial charge >= 0.3 is 6.03 Å². The third-order valence-electron chi connectivity index (χ3n) is 5.67. The van der Waals surface area contributed by atoms with Crippen molar-refractivity contribution in [3.05, 3.63) is 77.1 Å². The number of hydrogen-bond acceptors (Lipinski definition) is 5. The van der Waals surface area contributed by atoms with Gasteiger partial charge in [-0.2, -0.15) is 0 Å². The zero-order valence-corrected chi connectivity index (χ0v) is 20.1. The van der Waals surface area contributed by atoms with Gasteiger partial charge in [0, 0.05) is 23.1 Å². The molecule has 180 valence electrons. The topological polar surface area (TPSA) is 89.9 Å². The molecule has 4 amide bonds. The van der Waals surface area contributed by atoms with Crippen molar-refractivity contribution in [1.29, 1.82) is 0 Å². The summed E-state index contributed by atoms with van der Waals surface area (Å²) in [7, 11) is 0. The molecule has 8 heteroatoms. The first-order valence-electron chi connectivity index (χ1n) is 11.4. The van der Waals surface area contributed by atoms with E-state index in [1.165, 1.54) is 6.08 Å². The number of hydrogen-bond donors (Lipinski definition) is 1. The Morgan fingerprint density at radius 2 is 1.63 bits per heavy atom. The maximum atomic E-state index is 13.5. The van der Waals surface area contributed by atoms with E-state index >= 15 is 0 Å². The average molecular weight is 474 g/mol. The lowest BCUT2D eigenvalue weighted by atomic mass is 10.1. The Morgan fingerprint density at radius 3 is 2.31 bits per heavy atom. The fraction of sp³-hybridized carbons (Fsp3) is 0.222. The van der Waals surface area contributed by atoms with E-state index in [1.807, 2.05) is 61.7 Å². The first-order chi connectivity index (χ1) is 16.8. The minimum absolute atomic E-state index is 0.151. The van der Waals surface area contributed by atoms with E-state index in [9.17, 15) is 14.4 Å².